The lowest BCUT2D eigenvalue weighted by atomic mass is 10.2. The Bertz CT molecular complexity index is 1560. The van der Waals surface area contributed by atoms with E-state index >= 15 is 0 Å². The van der Waals surface area contributed by atoms with Crippen molar-refractivity contribution in [2.45, 2.75) is 6.18 Å². The van der Waals surface area contributed by atoms with Gasteiger partial charge in [0, 0.05) is 12.1 Å². The lowest BCUT2D eigenvalue weighted by molar-refractivity contribution is -0.154. The number of esters is 1. The topological polar surface area (TPSA) is 75.0 Å². The van der Waals surface area contributed by atoms with Gasteiger partial charge in [-0.3, -0.25) is 4.79 Å². The quantitative estimate of drug-likeness (QED) is 0.140. The molecule has 37 heavy (non-hydrogen) atoms. The van der Waals surface area contributed by atoms with Crippen molar-refractivity contribution in [2.24, 2.45) is 0 Å². The van der Waals surface area contributed by atoms with Gasteiger partial charge in [-0.2, -0.15) is 13.2 Å². The molecule has 0 amide bonds. The van der Waals surface area contributed by atoms with Crippen LogP contribution in [0.4, 0.5) is 13.2 Å². The Labute approximate surface area is 217 Å². The molecule has 0 unspecified atom stereocenters. The summed E-state index contributed by atoms with van der Waals surface area (Å²) >= 11 is 11.8. The van der Waals surface area contributed by atoms with Crippen LogP contribution in [0.5, 0.6) is 23.0 Å². The minimum atomic E-state index is -5.05. The van der Waals surface area contributed by atoms with Crippen LogP contribution in [0.1, 0.15) is 11.3 Å². The van der Waals surface area contributed by atoms with E-state index in [2.05, 4.69) is 0 Å². The SMILES string of the molecule is COc1ccc(Oc2c(C(F)(F)F)oc3cc(OC(=O)/C=C/c4ccc(Cl)c(Cl)c4)ccc3c2=O)cc1. The fourth-order valence-corrected chi connectivity index (χ4v) is 3.50. The second-order valence-electron chi connectivity index (χ2n) is 7.45. The third-order valence-electron chi connectivity index (χ3n) is 4.93. The number of carbonyl (C=O) groups excluding carboxylic acids is 1. The summed E-state index contributed by atoms with van der Waals surface area (Å²) in [6.45, 7) is 0. The first kappa shape index (κ1) is 26.1. The highest BCUT2D eigenvalue weighted by Gasteiger charge is 2.40. The maximum atomic E-state index is 13.8. The van der Waals surface area contributed by atoms with E-state index in [1.54, 1.807) is 12.1 Å². The fourth-order valence-electron chi connectivity index (χ4n) is 3.19. The first-order valence-corrected chi connectivity index (χ1v) is 11.2. The minimum absolute atomic E-state index is 0.0303. The highest BCUT2D eigenvalue weighted by atomic mass is 35.5. The zero-order valence-electron chi connectivity index (χ0n) is 18.8. The summed E-state index contributed by atoms with van der Waals surface area (Å²) in [6, 6.07) is 13.7. The molecule has 0 aliphatic carbocycles. The Morgan fingerprint density at radius 2 is 1.59 bits per heavy atom. The van der Waals surface area contributed by atoms with Gasteiger partial charge in [-0.25, -0.2) is 4.79 Å². The largest absolute Gasteiger partial charge is 0.497 e. The number of alkyl halides is 3. The summed E-state index contributed by atoms with van der Waals surface area (Å²) in [6.07, 6.45) is -2.55. The van der Waals surface area contributed by atoms with Gasteiger partial charge in [-0.15, -0.1) is 0 Å². The Balaban J connectivity index is 1.64. The molecule has 0 fully saturated rings. The third kappa shape index (κ3) is 6.07. The highest BCUT2D eigenvalue weighted by Crippen LogP contribution is 2.39. The third-order valence-corrected chi connectivity index (χ3v) is 5.67. The van der Waals surface area contributed by atoms with Gasteiger partial charge in [0.05, 0.1) is 22.5 Å². The summed E-state index contributed by atoms with van der Waals surface area (Å²) in [5.41, 5.74) is -0.935. The van der Waals surface area contributed by atoms with Crippen LogP contribution in [0, 0.1) is 0 Å². The highest BCUT2D eigenvalue weighted by molar-refractivity contribution is 6.42. The van der Waals surface area contributed by atoms with Gasteiger partial charge in [0.15, 0.2) is 0 Å². The number of rotatable bonds is 6. The lowest BCUT2D eigenvalue weighted by Gasteiger charge is -2.13. The van der Waals surface area contributed by atoms with Gasteiger partial charge in [0.2, 0.25) is 11.2 Å². The smallest absolute Gasteiger partial charge is 0.453 e. The normalized spacial score (nSPS) is 11.6. The van der Waals surface area contributed by atoms with Crippen LogP contribution < -0.4 is 19.6 Å². The number of ether oxygens (including phenoxy) is 3. The van der Waals surface area contributed by atoms with Crippen molar-refractivity contribution in [1.29, 1.82) is 0 Å². The molecular weight excluding hydrogens is 536 g/mol. The monoisotopic (exact) mass is 550 g/mol. The molecule has 0 bridgehead atoms. The molecule has 4 aromatic rings. The van der Waals surface area contributed by atoms with E-state index in [1.165, 1.54) is 55.7 Å². The van der Waals surface area contributed by atoms with Crippen LogP contribution in [0.3, 0.4) is 0 Å². The maximum absolute atomic E-state index is 13.8. The molecule has 11 heteroatoms. The summed E-state index contributed by atoms with van der Waals surface area (Å²) in [5, 5.41) is 0.426. The number of methoxy groups -OCH3 is 1. The van der Waals surface area contributed by atoms with Crippen molar-refractivity contribution in [1.82, 2.24) is 0 Å². The summed E-state index contributed by atoms with van der Waals surface area (Å²) in [7, 11) is 1.42. The van der Waals surface area contributed by atoms with Crippen molar-refractivity contribution < 1.29 is 36.6 Å². The molecular formula is C26H15Cl2F3O6. The van der Waals surface area contributed by atoms with Crippen molar-refractivity contribution in [2.75, 3.05) is 7.11 Å². The fraction of sp³-hybridized carbons (Fsp3) is 0.0769. The van der Waals surface area contributed by atoms with Gasteiger partial charge >= 0.3 is 12.1 Å². The number of halogens is 5. The van der Waals surface area contributed by atoms with Crippen molar-refractivity contribution in [3.8, 4) is 23.0 Å². The van der Waals surface area contributed by atoms with Gasteiger partial charge in [-0.05, 0) is 60.2 Å². The molecule has 0 saturated heterocycles. The molecule has 0 aliphatic rings. The van der Waals surface area contributed by atoms with E-state index in [9.17, 15) is 22.8 Å². The van der Waals surface area contributed by atoms with E-state index in [4.69, 9.17) is 41.8 Å². The molecule has 1 aromatic heterocycles. The first-order valence-electron chi connectivity index (χ1n) is 10.4. The second-order valence-corrected chi connectivity index (χ2v) is 8.27. The van der Waals surface area contributed by atoms with Crippen LogP contribution in [0.2, 0.25) is 10.0 Å². The molecule has 0 aliphatic heterocycles. The van der Waals surface area contributed by atoms with Crippen LogP contribution >= 0.6 is 23.2 Å². The van der Waals surface area contributed by atoms with Gasteiger partial charge in [-0.1, -0.05) is 29.3 Å². The molecule has 0 N–H and O–H groups in total. The van der Waals surface area contributed by atoms with Crippen LogP contribution in [-0.2, 0) is 11.0 Å². The van der Waals surface area contributed by atoms with Crippen LogP contribution in [0.15, 0.2) is 76.0 Å². The molecule has 4 rings (SSSR count). The Morgan fingerprint density at radius 3 is 2.24 bits per heavy atom. The summed E-state index contributed by atoms with van der Waals surface area (Å²) in [4.78, 5) is 25.1. The van der Waals surface area contributed by atoms with Crippen molar-refractivity contribution in [3.05, 3.63) is 98.3 Å². The van der Waals surface area contributed by atoms with E-state index in [0.29, 0.717) is 16.3 Å². The molecule has 0 radical (unpaired) electrons. The van der Waals surface area contributed by atoms with E-state index in [-0.39, 0.29) is 21.9 Å². The molecule has 1 heterocycles. The summed E-state index contributed by atoms with van der Waals surface area (Å²) < 4.78 is 61.7. The Hall–Kier alpha value is -3.95. The van der Waals surface area contributed by atoms with E-state index in [1.807, 2.05) is 0 Å². The number of benzene rings is 3. The second kappa shape index (κ2) is 10.6. The molecule has 0 spiro atoms. The zero-order valence-corrected chi connectivity index (χ0v) is 20.3. The summed E-state index contributed by atoms with van der Waals surface area (Å²) in [5.74, 6) is -3.22. The molecule has 3 aromatic carbocycles. The van der Waals surface area contributed by atoms with E-state index < -0.39 is 34.7 Å². The first-order chi connectivity index (χ1) is 17.5. The number of hydrogen-bond acceptors (Lipinski definition) is 6. The molecule has 190 valence electrons. The average Bonchev–Trinajstić information content (AvgIpc) is 2.86. The Kier molecular flexibility index (Phi) is 7.47. The minimum Gasteiger partial charge on any atom is -0.497 e. The van der Waals surface area contributed by atoms with Crippen LogP contribution in [0.25, 0.3) is 17.0 Å². The van der Waals surface area contributed by atoms with Gasteiger partial charge in [0.25, 0.3) is 5.76 Å². The number of fused-ring (bicyclic) bond motifs is 1. The van der Waals surface area contributed by atoms with E-state index in [0.717, 1.165) is 12.1 Å². The lowest BCUT2D eigenvalue weighted by Crippen LogP contribution is -2.15. The van der Waals surface area contributed by atoms with Gasteiger partial charge < -0.3 is 18.6 Å². The maximum Gasteiger partial charge on any atom is 0.453 e. The molecule has 0 saturated carbocycles. The standard InChI is InChI=1S/C26H15Cl2F3O6/c1-34-15-4-6-16(7-5-15)36-24-23(33)18-9-8-17(13-21(18)37-25(24)26(29,30)31)35-22(32)11-3-14-2-10-19(27)20(28)12-14/h2-13H,1H3/b11-3+. The molecule has 6 nitrogen and oxygen atoms in total. The van der Waals surface area contributed by atoms with Gasteiger partial charge in [0.1, 0.15) is 22.8 Å². The number of hydrogen-bond donors (Lipinski definition) is 0. The average molecular weight is 551 g/mol. The molecule has 0 atom stereocenters. The van der Waals surface area contributed by atoms with Crippen molar-refractivity contribution >= 4 is 46.2 Å². The van der Waals surface area contributed by atoms with Crippen LogP contribution in [-0.4, -0.2) is 13.1 Å². The van der Waals surface area contributed by atoms with Crippen molar-refractivity contribution in [3.63, 3.8) is 0 Å². The Morgan fingerprint density at radius 1 is 0.919 bits per heavy atom. The predicted molar refractivity (Wildman–Crippen MR) is 132 cm³/mol. The predicted octanol–water partition coefficient (Wildman–Crippen LogP) is 7.54. The number of carbonyl (C=O) groups is 1. The zero-order chi connectivity index (χ0) is 26.7.